The van der Waals surface area contributed by atoms with Crippen LogP contribution in [0.5, 0.6) is 5.75 Å². The molecule has 142 valence electrons. The fourth-order valence-corrected chi connectivity index (χ4v) is 2.57. The van der Waals surface area contributed by atoms with Gasteiger partial charge in [-0.25, -0.2) is 4.79 Å². The van der Waals surface area contributed by atoms with E-state index in [4.69, 9.17) is 9.47 Å². The van der Waals surface area contributed by atoms with Crippen molar-refractivity contribution in [3.05, 3.63) is 95.6 Å². The van der Waals surface area contributed by atoms with E-state index in [0.717, 1.165) is 11.1 Å². The first-order chi connectivity index (χ1) is 13.6. The highest BCUT2D eigenvalue weighted by Crippen LogP contribution is 2.16. The molecule has 0 spiro atoms. The summed E-state index contributed by atoms with van der Waals surface area (Å²) < 4.78 is 10.8. The van der Waals surface area contributed by atoms with Crippen LogP contribution in [0.15, 0.2) is 78.9 Å². The zero-order chi connectivity index (χ0) is 19.8. The zero-order valence-corrected chi connectivity index (χ0v) is 15.6. The molecule has 28 heavy (non-hydrogen) atoms. The molecule has 0 unspecified atom stereocenters. The fraction of sp³-hybridized carbons (Fsp3) is 0.130. The van der Waals surface area contributed by atoms with Gasteiger partial charge in [-0.2, -0.15) is 0 Å². The molecule has 5 heteroatoms. The number of rotatable bonds is 7. The second kappa shape index (κ2) is 9.37. The first-order valence-corrected chi connectivity index (χ1v) is 8.91. The molecule has 0 aliphatic carbocycles. The fourth-order valence-electron chi connectivity index (χ4n) is 2.57. The van der Waals surface area contributed by atoms with Gasteiger partial charge < -0.3 is 14.8 Å². The summed E-state index contributed by atoms with van der Waals surface area (Å²) in [4.78, 5) is 24.3. The van der Waals surface area contributed by atoms with Crippen molar-refractivity contribution in [2.24, 2.45) is 0 Å². The van der Waals surface area contributed by atoms with Gasteiger partial charge in [0.2, 0.25) is 0 Å². The highest BCUT2D eigenvalue weighted by molar-refractivity contribution is 5.96. The van der Waals surface area contributed by atoms with Crippen molar-refractivity contribution in [3.8, 4) is 5.75 Å². The standard InChI is InChI=1S/C23H21NO4/c1-17-8-5-6-13-21(17)24-22(25)16-28-23(26)19-11-7-12-20(14-19)27-15-18-9-3-2-4-10-18/h2-14H,15-16H2,1H3,(H,24,25). The van der Waals surface area contributed by atoms with Crippen molar-refractivity contribution in [2.75, 3.05) is 11.9 Å². The number of aryl methyl sites for hydroxylation is 1. The van der Waals surface area contributed by atoms with Gasteiger partial charge in [0.25, 0.3) is 5.91 Å². The van der Waals surface area contributed by atoms with Crippen molar-refractivity contribution < 1.29 is 19.1 Å². The number of carbonyl (C=O) groups excluding carboxylic acids is 2. The third kappa shape index (κ3) is 5.45. The number of ether oxygens (including phenoxy) is 2. The van der Waals surface area contributed by atoms with E-state index in [-0.39, 0.29) is 12.5 Å². The monoisotopic (exact) mass is 375 g/mol. The molecule has 0 aliphatic heterocycles. The maximum Gasteiger partial charge on any atom is 0.338 e. The number of amides is 1. The van der Waals surface area contributed by atoms with Crippen LogP contribution in [0.2, 0.25) is 0 Å². The Morgan fingerprint density at radius 2 is 1.64 bits per heavy atom. The van der Waals surface area contributed by atoms with Crippen molar-refractivity contribution in [1.29, 1.82) is 0 Å². The summed E-state index contributed by atoms with van der Waals surface area (Å²) in [5.41, 5.74) is 2.99. The number of hydrogen-bond donors (Lipinski definition) is 1. The van der Waals surface area contributed by atoms with Crippen molar-refractivity contribution in [1.82, 2.24) is 0 Å². The first-order valence-electron chi connectivity index (χ1n) is 8.91. The quantitative estimate of drug-likeness (QED) is 0.623. The summed E-state index contributed by atoms with van der Waals surface area (Å²) in [6, 6.07) is 23.9. The predicted octanol–water partition coefficient (Wildman–Crippen LogP) is 4.37. The normalized spacial score (nSPS) is 10.2. The molecule has 1 amide bonds. The summed E-state index contributed by atoms with van der Waals surface area (Å²) in [6.07, 6.45) is 0. The van der Waals surface area contributed by atoms with E-state index in [1.54, 1.807) is 30.3 Å². The van der Waals surface area contributed by atoms with Crippen LogP contribution < -0.4 is 10.1 Å². The van der Waals surface area contributed by atoms with Crippen LogP contribution >= 0.6 is 0 Å². The molecular weight excluding hydrogens is 354 g/mol. The summed E-state index contributed by atoms with van der Waals surface area (Å²) in [5.74, 6) is -0.410. The lowest BCUT2D eigenvalue weighted by molar-refractivity contribution is -0.119. The Bertz CT molecular complexity index is 954. The number of hydrogen-bond acceptors (Lipinski definition) is 4. The average molecular weight is 375 g/mol. The molecule has 0 bridgehead atoms. The SMILES string of the molecule is Cc1ccccc1NC(=O)COC(=O)c1cccc(OCc2ccccc2)c1. The van der Waals surface area contributed by atoms with Crippen molar-refractivity contribution in [2.45, 2.75) is 13.5 Å². The summed E-state index contributed by atoms with van der Waals surface area (Å²) in [6.45, 7) is 1.93. The van der Waals surface area contributed by atoms with Crippen LogP contribution in [0.25, 0.3) is 0 Å². The number of para-hydroxylation sites is 1. The zero-order valence-electron chi connectivity index (χ0n) is 15.6. The molecule has 0 atom stereocenters. The molecule has 0 aromatic heterocycles. The van der Waals surface area contributed by atoms with Crippen molar-refractivity contribution in [3.63, 3.8) is 0 Å². The number of carbonyl (C=O) groups is 2. The Morgan fingerprint density at radius 1 is 0.893 bits per heavy atom. The van der Waals surface area contributed by atoms with E-state index in [1.807, 2.05) is 55.5 Å². The van der Waals surface area contributed by atoms with E-state index in [2.05, 4.69) is 5.32 Å². The minimum atomic E-state index is -0.579. The maximum atomic E-state index is 12.2. The number of anilines is 1. The van der Waals surface area contributed by atoms with E-state index < -0.39 is 5.97 Å². The highest BCUT2D eigenvalue weighted by atomic mass is 16.5. The van der Waals surface area contributed by atoms with Gasteiger partial charge in [0.05, 0.1) is 5.56 Å². The molecule has 0 radical (unpaired) electrons. The van der Waals surface area contributed by atoms with Gasteiger partial charge in [0.15, 0.2) is 6.61 Å². The summed E-state index contributed by atoms with van der Waals surface area (Å²) in [7, 11) is 0. The van der Waals surface area contributed by atoms with E-state index in [9.17, 15) is 9.59 Å². The molecule has 3 aromatic rings. The topological polar surface area (TPSA) is 64.6 Å². The molecule has 0 heterocycles. The summed E-state index contributed by atoms with van der Waals surface area (Å²) in [5, 5.41) is 2.73. The second-order valence-corrected chi connectivity index (χ2v) is 6.24. The van der Waals surface area contributed by atoms with Crippen molar-refractivity contribution >= 4 is 17.6 Å². The smallest absolute Gasteiger partial charge is 0.338 e. The molecule has 0 aliphatic rings. The van der Waals surface area contributed by atoms with Crippen LogP contribution in [0.4, 0.5) is 5.69 Å². The highest BCUT2D eigenvalue weighted by Gasteiger charge is 2.12. The predicted molar refractivity (Wildman–Crippen MR) is 107 cm³/mol. The van der Waals surface area contributed by atoms with E-state index >= 15 is 0 Å². The van der Waals surface area contributed by atoms with Crippen LogP contribution in [0.1, 0.15) is 21.5 Å². The molecule has 1 N–H and O–H groups in total. The lowest BCUT2D eigenvalue weighted by atomic mass is 10.2. The molecular formula is C23H21NO4. The van der Waals surface area contributed by atoms with E-state index in [0.29, 0.717) is 23.6 Å². The van der Waals surface area contributed by atoms with Crippen LogP contribution in [-0.2, 0) is 16.1 Å². The minimum Gasteiger partial charge on any atom is -0.489 e. The van der Waals surface area contributed by atoms with Gasteiger partial charge in [0, 0.05) is 5.69 Å². The lowest BCUT2D eigenvalue weighted by Gasteiger charge is -2.10. The van der Waals surface area contributed by atoms with Gasteiger partial charge in [-0.1, -0.05) is 54.6 Å². The maximum absolute atomic E-state index is 12.2. The average Bonchev–Trinajstić information content (AvgIpc) is 2.73. The van der Waals surface area contributed by atoms with Gasteiger partial charge in [-0.15, -0.1) is 0 Å². The van der Waals surface area contributed by atoms with Gasteiger partial charge in [-0.3, -0.25) is 4.79 Å². The Balaban J connectivity index is 1.52. The Labute approximate surface area is 163 Å². The molecule has 3 rings (SSSR count). The Hall–Kier alpha value is -3.60. The van der Waals surface area contributed by atoms with Gasteiger partial charge in [-0.05, 0) is 42.3 Å². The largest absolute Gasteiger partial charge is 0.489 e. The minimum absolute atomic E-state index is 0.328. The molecule has 0 fully saturated rings. The number of nitrogens with one attached hydrogen (secondary N) is 1. The first kappa shape index (κ1) is 19.2. The molecule has 0 saturated carbocycles. The molecule has 5 nitrogen and oxygen atoms in total. The third-order valence-corrected chi connectivity index (χ3v) is 4.07. The van der Waals surface area contributed by atoms with E-state index in [1.165, 1.54) is 0 Å². The molecule has 0 saturated heterocycles. The number of esters is 1. The van der Waals surface area contributed by atoms with Gasteiger partial charge >= 0.3 is 5.97 Å². The van der Waals surface area contributed by atoms with Crippen LogP contribution in [0, 0.1) is 6.92 Å². The van der Waals surface area contributed by atoms with Crippen LogP contribution in [0.3, 0.4) is 0 Å². The van der Waals surface area contributed by atoms with Gasteiger partial charge in [0.1, 0.15) is 12.4 Å². The second-order valence-electron chi connectivity index (χ2n) is 6.24. The number of benzene rings is 3. The Morgan fingerprint density at radius 3 is 2.43 bits per heavy atom. The molecule has 3 aromatic carbocycles. The van der Waals surface area contributed by atoms with Crippen LogP contribution in [-0.4, -0.2) is 18.5 Å². The Kier molecular flexibility index (Phi) is 6.41. The lowest BCUT2D eigenvalue weighted by Crippen LogP contribution is -2.21. The third-order valence-electron chi connectivity index (χ3n) is 4.07. The summed E-state index contributed by atoms with van der Waals surface area (Å²) >= 11 is 0.